The molecule has 1 amide bonds. The summed E-state index contributed by atoms with van der Waals surface area (Å²) in [5, 5.41) is 3.79. The number of hydrogen-bond acceptors (Lipinski definition) is 5. The number of nitrogens with one attached hydrogen (secondary N) is 1. The van der Waals surface area contributed by atoms with Gasteiger partial charge in [0.05, 0.1) is 22.9 Å². The number of carbonyl (C=O) groups is 1. The average Bonchev–Trinajstić information content (AvgIpc) is 3.14. The maximum atomic E-state index is 12.0. The quantitative estimate of drug-likeness (QED) is 0.918. The second kappa shape index (κ2) is 6.41. The smallest absolute Gasteiger partial charge is 0.239 e. The van der Waals surface area contributed by atoms with Crippen LogP contribution in [0.2, 0.25) is 0 Å². The molecule has 1 aromatic carbocycles. The van der Waals surface area contributed by atoms with E-state index in [1.165, 1.54) is 0 Å². The molecule has 0 saturated carbocycles. The van der Waals surface area contributed by atoms with Crippen LogP contribution in [0.25, 0.3) is 10.2 Å². The van der Waals surface area contributed by atoms with Crippen molar-refractivity contribution in [1.82, 2.24) is 10.3 Å². The Morgan fingerprint density at radius 1 is 1.52 bits per heavy atom. The zero-order chi connectivity index (χ0) is 14.7. The predicted octanol–water partition coefficient (Wildman–Crippen LogP) is 2.03. The van der Waals surface area contributed by atoms with Crippen molar-refractivity contribution in [2.75, 3.05) is 31.6 Å². The van der Waals surface area contributed by atoms with Gasteiger partial charge in [0.1, 0.15) is 0 Å². The van der Waals surface area contributed by atoms with Crippen LogP contribution in [0.5, 0.6) is 0 Å². The standard InChI is InChI=1S/C15H19N3O2S/c1-18(10-14(19)16-9-11-5-4-8-20-11)15-17-12-6-2-3-7-13(12)21-15/h2-3,6-7,11H,4-5,8-10H2,1H3,(H,16,19). The van der Waals surface area contributed by atoms with E-state index < -0.39 is 0 Å². The van der Waals surface area contributed by atoms with Crippen LogP contribution in [0.4, 0.5) is 5.13 Å². The van der Waals surface area contributed by atoms with Crippen LogP contribution in [0.15, 0.2) is 24.3 Å². The van der Waals surface area contributed by atoms with Crippen LogP contribution >= 0.6 is 11.3 Å². The van der Waals surface area contributed by atoms with E-state index in [1.54, 1.807) is 11.3 Å². The normalized spacial score (nSPS) is 18.0. The van der Waals surface area contributed by atoms with Gasteiger partial charge < -0.3 is 15.0 Å². The number of aromatic nitrogens is 1. The van der Waals surface area contributed by atoms with Gasteiger partial charge in [0.15, 0.2) is 5.13 Å². The van der Waals surface area contributed by atoms with Crippen molar-refractivity contribution in [1.29, 1.82) is 0 Å². The summed E-state index contributed by atoms with van der Waals surface area (Å²) in [5.74, 6) is 0.00672. The zero-order valence-electron chi connectivity index (χ0n) is 12.0. The van der Waals surface area contributed by atoms with Gasteiger partial charge in [-0.1, -0.05) is 23.5 Å². The highest BCUT2D eigenvalue weighted by molar-refractivity contribution is 7.22. The van der Waals surface area contributed by atoms with Crippen molar-refractivity contribution < 1.29 is 9.53 Å². The number of carbonyl (C=O) groups excluding carboxylic acids is 1. The van der Waals surface area contributed by atoms with Crippen LogP contribution < -0.4 is 10.2 Å². The molecule has 0 radical (unpaired) electrons. The third-order valence-corrected chi connectivity index (χ3v) is 4.69. The largest absolute Gasteiger partial charge is 0.376 e. The summed E-state index contributed by atoms with van der Waals surface area (Å²) in [5.41, 5.74) is 0.976. The minimum atomic E-state index is 0.00672. The van der Waals surface area contributed by atoms with Gasteiger partial charge in [0.25, 0.3) is 0 Å². The number of anilines is 1. The molecule has 3 rings (SSSR count). The molecule has 1 atom stereocenters. The van der Waals surface area contributed by atoms with E-state index in [2.05, 4.69) is 10.3 Å². The summed E-state index contributed by atoms with van der Waals surface area (Å²) >= 11 is 1.60. The Morgan fingerprint density at radius 3 is 3.14 bits per heavy atom. The number of para-hydroxylation sites is 1. The molecule has 1 saturated heterocycles. The Balaban J connectivity index is 1.54. The molecule has 0 aliphatic carbocycles. The predicted molar refractivity (Wildman–Crippen MR) is 84.9 cm³/mol. The van der Waals surface area contributed by atoms with Crippen LogP contribution in [-0.4, -0.2) is 43.7 Å². The van der Waals surface area contributed by atoms with Crippen molar-refractivity contribution in [3.8, 4) is 0 Å². The maximum absolute atomic E-state index is 12.0. The molecule has 5 nitrogen and oxygen atoms in total. The molecule has 1 aromatic heterocycles. The molecule has 1 aliphatic heterocycles. The average molecular weight is 305 g/mol. The lowest BCUT2D eigenvalue weighted by atomic mass is 10.2. The van der Waals surface area contributed by atoms with Gasteiger partial charge in [-0.15, -0.1) is 0 Å². The van der Waals surface area contributed by atoms with Gasteiger partial charge in [0.2, 0.25) is 5.91 Å². The van der Waals surface area contributed by atoms with Gasteiger partial charge in [0, 0.05) is 20.2 Å². The number of rotatable bonds is 5. The number of thiazole rings is 1. The van der Waals surface area contributed by atoms with Gasteiger partial charge in [-0.25, -0.2) is 4.98 Å². The summed E-state index contributed by atoms with van der Waals surface area (Å²) in [6.07, 6.45) is 2.31. The Morgan fingerprint density at radius 2 is 2.38 bits per heavy atom. The second-order valence-electron chi connectivity index (χ2n) is 5.26. The van der Waals surface area contributed by atoms with Crippen molar-refractivity contribution in [3.05, 3.63) is 24.3 Å². The van der Waals surface area contributed by atoms with E-state index in [0.717, 1.165) is 34.8 Å². The highest BCUT2D eigenvalue weighted by atomic mass is 32.1. The van der Waals surface area contributed by atoms with E-state index >= 15 is 0 Å². The molecule has 1 aliphatic rings. The summed E-state index contributed by atoms with van der Waals surface area (Å²) in [4.78, 5) is 18.4. The number of likely N-dealkylation sites (N-methyl/N-ethyl adjacent to an activating group) is 1. The molecular formula is C15H19N3O2S. The number of fused-ring (bicyclic) bond motifs is 1. The van der Waals surface area contributed by atoms with Gasteiger partial charge in [-0.05, 0) is 25.0 Å². The van der Waals surface area contributed by atoms with E-state index in [0.29, 0.717) is 13.1 Å². The Kier molecular flexibility index (Phi) is 4.36. The van der Waals surface area contributed by atoms with E-state index in [4.69, 9.17) is 4.74 Å². The fraction of sp³-hybridized carbons (Fsp3) is 0.467. The van der Waals surface area contributed by atoms with E-state index in [-0.39, 0.29) is 12.0 Å². The van der Waals surface area contributed by atoms with Crippen LogP contribution in [0, 0.1) is 0 Å². The first-order chi connectivity index (χ1) is 10.2. The molecule has 112 valence electrons. The highest BCUT2D eigenvalue weighted by Gasteiger charge is 2.17. The first-order valence-electron chi connectivity index (χ1n) is 7.17. The fourth-order valence-corrected chi connectivity index (χ4v) is 3.32. The minimum Gasteiger partial charge on any atom is -0.376 e. The lowest BCUT2D eigenvalue weighted by Gasteiger charge is -2.16. The summed E-state index contributed by atoms with van der Waals surface area (Å²) in [7, 11) is 1.89. The molecule has 1 fully saturated rings. The Hall–Kier alpha value is -1.66. The van der Waals surface area contributed by atoms with Crippen LogP contribution in [0.1, 0.15) is 12.8 Å². The lowest BCUT2D eigenvalue weighted by Crippen LogP contribution is -2.38. The number of benzene rings is 1. The minimum absolute atomic E-state index is 0.00672. The van der Waals surface area contributed by atoms with Crippen molar-refractivity contribution >= 4 is 32.6 Å². The molecule has 6 heteroatoms. The number of hydrogen-bond donors (Lipinski definition) is 1. The SMILES string of the molecule is CN(CC(=O)NCC1CCCO1)c1nc2ccccc2s1. The van der Waals surface area contributed by atoms with Gasteiger partial charge in [-0.3, -0.25) is 4.79 Å². The number of nitrogens with zero attached hydrogens (tertiary/aromatic N) is 2. The van der Waals surface area contributed by atoms with Crippen molar-refractivity contribution in [3.63, 3.8) is 0 Å². The third kappa shape index (κ3) is 3.51. The summed E-state index contributed by atoms with van der Waals surface area (Å²) in [6.45, 7) is 1.73. The first-order valence-corrected chi connectivity index (χ1v) is 7.99. The summed E-state index contributed by atoms with van der Waals surface area (Å²) < 4.78 is 6.63. The third-order valence-electron chi connectivity index (χ3n) is 3.54. The highest BCUT2D eigenvalue weighted by Crippen LogP contribution is 2.27. The molecule has 2 heterocycles. The summed E-state index contributed by atoms with van der Waals surface area (Å²) in [6, 6.07) is 8.00. The molecule has 1 N–H and O–H groups in total. The molecule has 2 aromatic rings. The van der Waals surface area contributed by atoms with Gasteiger partial charge >= 0.3 is 0 Å². The Bertz CT molecular complexity index is 589. The fourth-order valence-electron chi connectivity index (χ4n) is 2.40. The Labute approximate surface area is 127 Å². The number of amides is 1. The molecule has 1 unspecified atom stereocenters. The molecular weight excluding hydrogens is 286 g/mol. The monoisotopic (exact) mass is 305 g/mol. The maximum Gasteiger partial charge on any atom is 0.239 e. The topological polar surface area (TPSA) is 54.5 Å². The van der Waals surface area contributed by atoms with E-state index in [9.17, 15) is 4.79 Å². The van der Waals surface area contributed by atoms with Crippen LogP contribution in [0.3, 0.4) is 0 Å². The van der Waals surface area contributed by atoms with Crippen LogP contribution in [-0.2, 0) is 9.53 Å². The number of ether oxygens (including phenoxy) is 1. The van der Waals surface area contributed by atoms with E-state index in [1.807, 2.05) is 36.2 Å². The lowest BCUT2D eigenvalue weighted by molar-refractivity contribution is -0.120. The molecule has 0 spiro atoms. The molecule has 0 bridgehead atoms. The van der Waals surface area contributed by atoms with Crippen molar-refractivity contribution in [2.24, 2.45) is 0 Å². The first kappa shape index (κ1) is 14.3. The molecule has 21 heavy (non-hydrogen) atoms. The zero-order valence-corrected chi connectivity index (χ0v) is 12.9. The second-order valence-corrected chi connectivity index (χ2v) is 6.27. The van der Waals surface area contributed by atoms with Crippen molar-refractivity contribution in [2.45, 2.75) is 18.9 Å². The van der Waals surface area contributed by atoms with Gasteiger partial charge in [-0.2, -0.15) is 0 Å².